The molecular formula is C20H26N4O5S2. The number of hydrogen-bond donors (Lipinski definition) is 3. The lowest BCUT2D eigenvalue weighted by Gasteiger charge is -2.20. The van der Waals surface area contributed by atoms with E-state index in [-0.39, 0.29) is 16.0 Å². The molecule has 0 aliphatic carbocycles. The summed E-state index contributed by atoms with van der Waals surface area (Å²) in [5.74, 6) is -1.49. The highest BCUT2D eigenvalue weighted by molar-refractivity contribution is 7.89. The maximum absolute atomic E-state index is 12.8. The van der Waals surface area contributed by atoms with E-state index < -0.39 is 27.7 Å². The zero-order valence-electron chi connectivity index (χ0n) is 17.6. The van der Waals surface area contributed by atoms with E-state index >= 15 is 0 Å². The highest BCUT2D eigenvalue weighted by atomic mass is 32.2. The van der Waals surface area contributed by atoms with Gasteiger partial charge in [-0.15, -0.1) is 11.3 Å². The fourth-order valence-corrected chi connectivity index (χ4v) is 4.95. The number of benzene rings is 1. The molecule has 0 aliphatic rings. The van der Waals surface area contributed by atoms with Crippen molar-refractivity contribution in [1.82, 2.24) is 15.2 Å². The lowest BCUT2D eigenvalue weighted by atomic mass is 10.2. The van der Waals surface area contributed by atoms with Gasteiger partial charge in [-0.1, -0.05) is 20.3 Å². The highest BCUT2D eigenvalue weighted by Gasteiger charge is 2.23. The van der Waals surface area contributed by atoms with Gasteiger partial charge in [0.15, 0.2) is 0 Å². The largest absolute Gasteiger partial charge is 0.313 e. The number of sulfonamides is 1. The Kier molecular flexibility index (Phi) is 8.72. The molecule has 3 amide bonds. The summed E-state index contributed by atoms with van der Waals surface area (Å²) < 4.78 is 27.0. The molecule has 0 spiro atoms. The van der Waals surface area contributed by atoms with Crippen molar-refractivity contribution in [2.24, 2.45) is 0 Å². The van der Waals surface area contributed by atoms with Crippen LogP contribution < -0.4 is 16.2 Å². The van der Waals surface area contributed by atoms with Crippen molar-refractivity contribution in [3.63, 3.8) is 0 Å². The summed E-state index contributed by atoms with van der Waals surface area (Å²) in [6.07, 6.45) is 1.66. The van der Waals surface area contributed by atoms with Crippen LogP contribution in [0.25, 0.3) is 0 Å². The molecule has 0 aliphatic heterocycles. The number of thiophene rings is 1. The predicted octanol–water partition coefficient (Wildman–Crippen LogP) is 2.59. The summed E-state index contributed by atoms with van der Waals surface area (Å²) in [7, 11) is -3.63. The molecule has 168 valence electrons. The van der Waals surface area contributed by atoms with Crippen LogP contribution in [0, 0.1) is 0 Å². The minimum absolute atomic E-state index is 0.119. The number of rotatable bonds is 9. The summed E-state index contributed by atoms with van der Waals surface area (Å²) in [6, 6.07) is 7.18. The second-order valence-corrected chi connectivity index (χ2v) is 9.48. The molecule has 31 heavy (non-hydrogen) atoms. The molecule has 0 radical (unpaired) electrons. The van der Waals surface area contributed by atoms with Crippen LogP contribution in [0.2, 0.25) is 0 Å². The molecule has 9 nitrogen and oxygen atoms in total. The van der Waals surface area contributed by atoms with Crippen LogP contribution >= 0.6 is 11.3 Å². The fraction of sp³-hybridized carbons (Fsp3) is 0.350. The van der Waals surface area contributed by atoms with Crippen LogP contribution in [-0.4, -0.2) is 43.5 Å². The molecule has 11 heteroatoms. The van der Waals surface area contributed by atoms with E-state index in [9.17, 15) is 22.8 Å². The van der Waals surface area contributed by atoms with Crippen LogP contribution in [0.3, 0.4) is 0 Å². The van der Waals surface area contributed by atoms with E-state index in [0.717, 1.165) is 24.2 Å². The van der Waals surface area contributed by atoms with Crippen LogP contribution in [0.15, 0.2) is 40.6 Å². The molecular weight excluding hydrogens is 440 g/mol. The predicted molar refractivity (Wildman–Crippen MR) is 119 cm³/mol. The number of carbonyl (C=O) groups is 3. The topological polar surface area (TPSA) is 125 Å². The first-order valence-corrected chi connectivity index (χ1v) is 12.1. The standard InChI is InChI=1S/C20H26N4O5S2/c1-4-6-12-24(5-2)31(28,29)16-9-7-15(8-10-16)18(26)21-20-17(11-13-30-20)19(27)23-22-14(3)25/h7-11,13H,4-6,12H2,1-3H3,(H,21,26)(H,22,25)(H,23,27). The number of anilines is 1. The van der Waals surface area contributed by atoms with Crippen LogP contribution in [0.1, 0.15) is 54.3 Å². The Morgan fingerprint density at radius 2 is 1.68 bits per heavy atom. The number of nitrogens with zero attached hydrogens (tertiary/aromatic N) is 1. The van der Waals surface area contributed by atoms with Crippen molar-refractivity contribution in [3.05, 3.63) is 46.8 Å². The Labute approximate surface area is 185 Å². The van der Waals surface area contributed by atoms with Gasteiger partial charge in [0, 0.05) is 25.6 Å². The second kappa shape index (κ2) is 11.0. The lowest BCUT2D eigenvalue weighted by Crippen LogP contribution is -2.40. The lowest BCUT2D eigenvalue weighted by molar-refractivity contribution is -0.119. The van der Waals surface area contributed by atoms with Crippen molar-refractivity contribution < 1.29 is 22.8 Å². The van der Waals surface area contributed by atoms with Gasteiger partial charge in [-0.3, -0.25) is 25.2 Å². The number of nitrogens with one attached hydrogen (secondary N) is 3. The Balaban J connectivity index is 2.12. The minimum Gasteiger partial charge on any atom is -0.313 e. The molecule has 3 N–H and O–H groups in total. The van der Waals surface area contributed by atoms with Gasteiger partial charge in [0.1, 0.15) is 5.00 Å². The van der Waals surface area contributed by atoms with Crippen molar-refractivity contribution in [2.75, 3.05) is 18.4 Å². The van der Waals surface area contributed by atoms with Crippen molar-refractivity contribution in [1.29, 1.82) is 0 Å². The average molecular weight is 467 g/mol. The van der Waals surface area contributed by atoms with Crippen molar-refractivity contribution in [3.8, 4) is 0 Å². The minimum atomic E-state index is -3.63. The summed E-state index contributed by atoms with van der Waals surface area (Å²) in [4.78, 5) is 35.8. The summed E-state index contributed by atoms with van der Waals surface area (Å²) in [5, 5.41) is 4.58. The third-order valence-electron chi connectivity index (χ3n) is 4.36. The monoisotopic (exact) mass is 466 g/mol. The maximum Gasteiger partial charge on any atom is 0.272 e. The van der Waals surface area contributed by atoms with Crippen molar-refractivity contribution in [2.45, 2.75) is 38.5 Å². The third-order valence-corrected chi connectivity index (χ3v) is 7.18. The van der Waals surface area contributed by atoms with E-state index in [4.69, 9.17) is 0 Å². The molecule has 0 saturated carbocycles. The first kappa shape index (κ1) is 24.5. The zero-order valence-corrected chi connectivity index (χ0v) is 19.2. The van der Waals surface area contributed by atoms with Gasteiger partial charge in [0.05, 0.1) is 10.5 Å². The van der Waals surface area contributed by atoms with E-state index in [1.807, 2.05) is 6.92 Å². The van der Waals surface area contributed by atoms with Crippen molar-refractivity contribution >= 4 is 44.1 Å². The second-order valence-electron chi connectivity index (χ2n) is 6.63. The molecule has 1 heterocycles. The number of amides is 3. The first-order chi connectivity index (χ1) is 14.7. The maximum atomic E-state index is 12.8. The van der Waals surface area contributed by atoms with Gasteiger partial charge in [0.2, 0.25) is 15.9 Å². The molecule has 0 saturated heterocycles. The summed E-state index contributed by atoms with van der Waals surface area (Å²) in [6.45, 7) is 5.85. The molecule has 1 aromatic carbocycles. The molecule has 2 aromatic rings. The van der Waals surface area contributed by atoms with E-state index in [2.05, 4.69) is 16.2 Å². The number of hydrazine groups is 1. The Hall–Kier alpha value is -2.76. The van der Waals surface area contributed by atoms with E-state index in [0.29, 0.717) is 18.1 Å². The smallest absolute Gasteiger partial charge is 0.272 e. The quantitative estimate of drug-likeness (QED) is 0.490. The number of carbonyl (C=O) groups excluding carboxylic acids is 3. The van der Waals surface area contributed by atoms with Gasteiger partial charge in [0.25, 0.3) is 11.8 Å². The average Bonchev–Trinajstić information content (AvgIpc) is 3.20. The van der Waals surface area contributed by atoms with Crippen LogP contribution in [0.4, 0.5) is 5.00 Å². The third kappa shape index (κ3) is 6.36. The number of unbranched alkanes of at least 4 members (excludes halogenated alkanes) is 1. The molecule has 0 bridgehead atoms. The SMILES string of the molecule is CCCCN(CC)S(=O)(=O)c1ccc(C(=O)Nc2sccc2C(=O)NNC(C)=O)cc1. The number of hydrogen-bond acceptors (Lipinski definition) is 6. The van der Waals surface area contributed by atoms with Gasteiger partial charge >= 0.3 is 0 Å². The van der Waals surface area contributed by atoms with Gasteiger partial charge in [-0.2, -0.15) is 4.31 Å². The van der Waals surface area contributed by atoms with E-state index in [1.54, 1.807) is 12.3 Å². The zero-order chi connectivity index (χ0) is 23.0. The molecule has 0 unspecified atom stereocenters. The van der Waals surface area contributed by atoms with Gasteiger partial charge < -0.3 is 5.32 Å². The molecule has 1 aromatic heterocycles. The molecule has 0 fully saturated rings. The van der Waals surface area contributed by atoms with Gasteiger partial charge in [-0.25, -0.2) is 8.42 Å². The van der Waals surface area contributed by atoms with Crippen LogP contribution in [0.5, 0.6) is 0 Å². The van der Waals surface area contributed by atoms with Crippen LogP contribution in [-0.2, 0) is 14.8 Å². The first-order valence-electron chi connectivity index (χ1n) is 9.76. The highest BCUT2D eigenvalue weighted by Crippen LogP contribution is 2.24. The normalized spacial score (nSPS) is 11.2. The Morgan fingerprint density at radius 3 is 2.26 bits per heavy atom. The van der Waals surface area contributed by atoms with E-state index in [1.165, 1.54) is 41.6 Å². The Bertz CT molecular complexity index is 1030. The molecule has 0 atom stereocenters. The Morgan fingerprint density at radius 1 is 1.00 bits per heavy atom. The van der Waals surface area contributed by atoms with Gasteiger partial charge in [-0.05, 0) is 42.1 Å². The molecule has 2 rings (SSSR count). The fourth-order valence-electron chi connectivity index (χ4n) is 2.68. The summed E-state index contributed by atoms with van der Waals surface area (Å²) in [5.41, 5.74) is 4.87. The summed E-state index contributed by atoms with van der Waals surface area (Å²) >= 11 is 1.15.